The molecule has 3 aliphatic rings. The summed E-state index contributed by atoms with van der Waals surface area (Å²) >= 11 is 0. The quantitative estimate of drug-likeness (QED) is 0.684. The summed E-state index contributed by atoms with van der Waals surface area (Å²) in [6.45, 7) is 5.25. The van der Waals surface area contributed by atoms with E-state index in [9.17, 15) is 0 Å². The van der Waals surface area contributed by atoms with Gasteiger partial charge >= 0.3 is 0 Å². The van der Waals surface area contributed by atoms with E-state index in [-0.39, 0.29) is 0 Å². The van der Waals surface area contributed by atoms with Crippen molar-refractivity contribution in [1.82, 2.24) is 0 Å². The van der Waals surface area contributed by atoms with Crippen LogP contribution >= 0.6 is 0 Å². The van der Waals surface area contributed by atoms with E-state index in [2.05, 4.69) is 47.6 Å². The molecule has 2 heterocycles. The third-order valence-electron chi connectivity index (χ3n) is 5.13. The highest BCUT2D eigenvalue weighted by molar-refractivity contribution is 6.11. The van der Waals surface area contributed by atoms with E-state index in [1.165, 1.54) is 22.3 Å². The lowest BCUT2D eigenvalue weighted by atomic mass is 9.94. The van der Waals surface area contributed by atoms with Gasteiger partial charge in [-0.05, 0) is 54.2 Å². The van der Waals surface area contributed by atoms with Crippen molar-refractivity contribution >= 4 is 17.4 Å². The second-order valence-electron chi connectivity index (χ2n) is 7.27. The molecule has 5 heteroatoms. The summed E-state index contributed by atoms with van der Waals surface area (Å²) in [7, 11) is 0. The van der Waals surface area contributed by atoms with Crippen molar-refractivity contribution in [3.63, 3.8) is 0 Å². The number of hydrogen-bond acceptors (Lipinski definition) is 5. The van der Waals surface area contributed by atoms with Gasteiger partial charge in [0.2, 0.25) is 5.96 Å². The third-order valence-corrected chi connectivity index (χ3v) is 5.13. The third kappa shape index (κ3) is 4.86. The van der Waals surface area contributed by atoms with Crippen LogP contribution in [0.1, 0.15) is 30.4 Å². The van der Waals surface area contributed by atoms with Crippen LogP contribution in [0.5, 0.6) is 0 Å². The Kier molecular flexibility index (Phi) is 6.14. The van der Waals surface area contributed by atoms with Crippen molar-refractivity contribution in [3.8, 4) is 0 Å². The SMILES string of the molecule is Cc1ccc2cc1COC/C=C/COCC1=CCCC(=C1)C1=NC(=NCC1)N2. The molecule has 1 N–H and O–H groups in total. The number of nitrogens with zero attached hydrogens (tertiary/aromatic N) is 2. The van der Waals surface area contributed by atoms with Crippen molar-refractivity contribution in [2.45, 2.75) is 32.8 Å². The lowest BCUT2D eigenvalue weighted by molar-refractivity contribution is 0.146. The standard InChI is InChI=1S/C23H27N3O2/c1-17-7-8-21-14-20(17)16-28-12-3-2-11-27-15-18-5-4-6-19(13-18)22-9-10-24-23(25-21)26-22/h2-3,5,7-8,13-14H,4,6,9-12,15-16H2,1H3,(H,24,25)/b3-2+. The normalized spacial score (nSPS) is 21.8. The van der Waals surface area contributed by atoms with E-state index in [0.29, 0.717) is 32.4 Å². The maximum atomic E-state index is 5.80. The van der Waals surface area contributed by atoms with Crippen LogP contribution in [-0.2, 0) is 16.1 Å². The average Bonchev–Trinajstić information content (AvgIpc) is 2.72. The Labute approximate surface area is 166 Å². The van der Waals surface area contributed by atoms with Gasteiger partial charge in [0.1, 0.15) is 0 Å². The topological polar surface area (TPSA) is 55.2 Å². The first-order valence-corrected chi connectivity index (χ1v) is 9.97. The minimum atomic E-state index is 0.577. The molecule has 1 aliphatic carbocycles. The molecule has 4 rings (SSSR count). The molecule has 2 aliphatic heterocycles. The Morgan fingerprint density at radius 3 is 2.79 bits per heavy atom. The number of benzene rings is 1. The van der Waals surface area contributed by atoms with Gasteiger partial charge in [0.15, 0.2) is 0 Å². The minimum absolute atomic E-state index is 0.577. The van der Waals surface area contributed by atoms with Crippen LogP contribution in [-0.4, -0.2) is 38.0 Å². The number of ether oxygens (including phenoxy) is 2. The largest absolute Gasteiger partial charge is 0.373 e. The lowest BCUT2D eigenvalue weighted by Gasteiger charge is -2.19. The van der Waals surface area contributed by atoms with Gasteiger partial charge in [-0.1, -0.05) is 30.4 Å². The van der Waals surface area contributed by atoms with Crippen LogP contribution in [0.4, 0.5) is 5.69 Å². The summed E-state index contributed by atoms with van der Waals surface area (Å²) < 4.78 is 11.6. The average molecular weight is 377 g/mol. The fourth-order valence-electron chi connectivity index (χ4n) is 3.53. The van der Waals surface area contributed by atoms with Crippen LogP contribution in [0.2, 0.25) is 0 Å². The number of hydrogen-bond donors (Lipinski definition) is 1. The number of fused-ring (bicyclic) bond motifs is 5. The number of aryl methyl sites for hydroxylation is 1. The van der Waals surface area contributed by atoms with Crippen molar-refractivity contribution in [2.24, 2.45) is 9.98 Å². The van der Waals surface area contributed by atoms with Gasteiger partial charge in [-0.2, -0.15) is 0 Å². The Bertz CT molecular complexity index is 878. The number of nitrogens with one attached hydrogen (secondary N) is 1. The molecule has 146 valence electrons. The second kappa shape index (κ2) is 9.13. The molecule has 0 saturated heterocycles. The molecule has 1 aromatic rings. The van der Waals surface area contributed by atoms with Crippen molar-refractivity contribution in [2.75, 3.05) is 31.7 Å². The van der Waals surface area contributed by atoms with Gasteiger partial charge in [-0.15, -0.1) is 0 Å². The van der Waals surface area contributed by atoms with Gasteiger partial charge in [0.05, 0.1) is 26.4 Å². The summed E-state index contributed by atoms with van der Waals surface area (Å²) in [6.07, 6.45) is 11.5. The summed E-state index contributed by atoms with van der Waals surface area (Å²) in [6, 6.07) is 6.30. The summed E-state index contributed by atoms with van der Waals surface area (Å²) in [5, 5.41) is 3.38. The molecule has 0 atom stereocenters. The summed E-state index contributed by atoms with van der Waals surface area (Å²) in [5.74, 6) is 0.689. The second-order valence-corrected chi connectivity index (χ2v) is 7.27. The highest BCUT2D eigenvalue weighted by Gasteiger charge is 2.16. The number of guanidine groups is 1. The predicted molar refractivity (Wildman–Crippen MR) is 114 cm³/mol. The molecule has 0 amide bonds. The summed E-state index contributed by atoms with van der Waals surface area (Å²) in [4.78, 5) is 9.39. The number of rotatable bonds is 0. The van der Waals surface area contributed by atoms with E-state index >= 15 is 0 Å². The fraction of sp³-hybridized carbons (Fsp3) is 0.391. The molecule has 0 fully saturated rings. The molecule has 6 bridgehead atoms. The molecule has 0 saturated carbocycles. The fourth-order valence-corrected chi connectivity index (χ4v) is 3.53. The Balaban J connectivity index is 1.61. The zero-order valence-corrected chi connectivity index (χ0v) is 16.4. The van der Waals surface area contributed by atoms with E-state index in [4.69, 9.17) is 14.5 Å². The van der Waals surface area contributed by atoms with Crippen LogP contribution in [0, 0.1) is 6.92 Å². The molecule has 0 unspecified atom stereocenters. The molecule has 1 aromatic carbocycles. The first-order valence-electron chi connectivity index (χ1n) is 9.97. The highest BCUT2D eigenvalue weighted by Crippen LogP contribution is 2.23. The van der Waals surface area contributed by atoms with E-state index in [1.807, 2.05) is 12.2 Å². The van der Waals surface area contributed by atoms with E-state index < -0.39 is 0 Å². The van der Waals surface area contributed by atoms with Gasteiger partial charge in [-0.3, -0.25) is 4.99 Å². The molecule has 0 radical (unpaired) electrons. The van der Waals surface area contributed by atoms with Crippen molar-refractivity contribution in [3.05, 3.63) is 64.8 Å². The molecule has 5 nitrogen and oxygen atoms in total. The molecule has 28 heavy (non-hydrogen) atoms. The van der Waals surface area contributed by atoms with Crippen molar-refractivity contribution in [1.29, 1.82) is 0 Å². The Morgan fingerprint density at radius 2 is 1.89 bits per heavy atom. The molecular weight excluding hydrogens is 350 g/mol. The van der Waals surface area contributed by atoms with Gasteiger partial charge in [0, 0.05) is 24.4 Å². The molecule has 0 spiro atoms. The Hall–Kier alpha value is -2.50. The smallest absolute Gasteiger partial charge is 0.222 e. The Morgan fingerprint density at radius 1 is 1.04 bits per heavy atom. The first-order chi connectivity index (χ1) is 13.8. The van der Waals surface area contributed by atoms with Crippen LogP contribution in [0.25, 0.3) is 0 Å². The van der Waals surface area contributed by atoms with Gasteiger partial charge in [0.25, 0.3) is 0 Å². The van der Waals surface area contributed by atoms with Crippen LogP contribution < -0.4 is 5.32 Å². The van der Waals surface area contributed by atoms with Crippen molar-refractivity contribution < 1.29 is 9.47 Å². The van der Waals surface area contributed by atoms with Crippen LogP contribution in [0.3, 0.4) is 0 Å². The maximum absolute atomic E-state index is 5.80. The monoisotopic (exact) mass is 377 g/mol. The van der Waals surface area contributed by atoms with Crippen LogP contribution in [0.15, 0.2) is 63.6 Å². The number of anilines is 1. The highest BCUT2D eigenvalue weighted by atomic mass is 16.5. The minimum Gasteiger partial charge on any atom is -0.373 e. The molecule has 0 aromatic heterocycles. The van der Waals surface area contributed by atoms with Gasteiger partial charge in [-0.25, -0.2) is 4.99 Å². The zero-order chi connectivity index (χ0) is 19.2. The van der Waals surface area contributed by atoms with E-state index in [1.54, 1.807) is 0 Å². The van der Waals surface area contributed by atoms with E-state index in [0.717, 1.165) is 37.2 Å². The number of allylic oxidation sites excluding steroid dienone is 2. The van der Waals surface area contributed by atoms with Gasteiger partial charge < -0.3 is 14.8 Å². The summed E-state index contributed by atoms with van der Waals surface area (Å²) in [5.41, 5.74) is 7.06. The first kappa shape index (κ1) is 18.8. The predicted octanol–water partition coefficient (Wildman–Crippen LogP) is 4.36. The zero-order valence-electron chi connectivity index (χ0n) is 16.4. The number of aliphatic imine (C=N–C) groups is 2. The molecular formula is C23H27N3O2. The maximum Gasteiger partial charge on any atom is 0.222 e. The lowest BCUT2D eigenvalue weighted by Crippen LogP contribution is -2.20.